The Kier molecular flexibility index (Phi) is 2.56. The van der Waals surface area contributed by atoms with Gasteiger partial charge >= 0.3 is 0 Å². The molecule has 2 rings (SSSR count). The van der Waals surface area contributed by atoms with Crippen LogP contribution in [0.5, 0.6) is 0 Å². The highest BCUT2D eigenvalue weighted by molar-refractivity contribution is 5.20. The Hall–Kier alpha value is -0.870. The molecule has 2 atom stereocenters. The van der Waals surface area contributed by atoms with Crippen LogP contribution in [0.1, 0.15) is 23.8 Å². The van der Waals surface area contributed by atoms with Gasteiger partial charge in [-0.25, -0.2) is 0 Å². The second-order valence-corrected chi connectivity index (χ2v) is 3.92. The van der Waals surface area contributed by atoms with Gasteiger partial charge in [0.15, 0.2) is 0 Å². The molecular weight excluding hydrogens is 178 g/mol. The van der Waals surface area contributed by atoms with E-state index in [0.29, 0.717) is 12.5 Å². The highest BCUT2D eigenvalue weighted by Crippen LogP contribution is 2.34. The highest BCUT2D eigenvalue weighted by Gasteiger charge is 2.30. The van der Waals surface area contributed by atoms with Crippen LogP contribution in [0.25, 0.3) is 0 Å². The summed E-state index contributed by atoms with van der Waals surface area (Å²) in [4.78, 5) is 0. The fourth-order valence-corrected chi connectivity index (χ4v) is 2.12. The van der Waals surface area contributed by atoms with Crippen molar-refractivity contribution in [3.63, 3.8) is 0 Å². The molecule has 0 aliphatic carbocycles. The number of aryl methyl sites for hydroxylation is 2. The monoisotopic (exact) mass is 195 g/mol. The predicted octanol–water partition coefficient (Wildman–Crippen LogP) is 0.765. The topological polar surface area (TPSA) is 53.1 Å². The lowest BCUT2D eigenvalue weighted by Gasteiger charge is -2.15. The van der Waals surface area contributed by atoms with Gasteiger partial charge in [0, 0.05) is 31.3 Å². The summed E-state index contributed by atoms with van der Waals surface area (Å²) in [6.07, 6.45) is 3.26. The molecule has 2 unspecified atom stereocenters. The summed E-state index contributed by atoms with van der Waals surface area (Å²) >= 11 is 0. The van der Waals surface area contributed by atoms with Crippen LogP contribution in [-0.2, 0) is 11.8 Å². The average Bonchev–Trinajstić information content (AvgIpc) is 2.71. The van der Waals surface area contributed by atoms with Crippen molar-refractivity contribution in [1.82, 2.24) is 9.78 Å². The van der Waals surface area contributed by atoms with Crippen molar-refractivity contribution in [1.29, 1.82) is 0 Å². The van der Waals surface area contributed by atoms with Crippen LogP contribution >= 0.6 is 0 Å². The maximum atomic E-state index is 5.71. The Morgan fingerprint density at radius 2 is 2.50 bits per heavy atom. The average molecular weight is 195 g/mol. The van der Waals surface area contributed by atoms with E-state index >= 15 is 0 Å². The number of rotatable bonds is 2. The zero-order valence-corrected chi connectivity index (χ0v) is 8.73. The highest BCUT2D eigenvalue weighted by atomic mass is 16.5. The standard InChI is InChI=1S/C10H17N3O/c1-7-9(6-13(2)12-7)10-8(5-11)3-4-14-10/h6,8,10H,3-5,11H2,1-2H3. The van der Waals surface area contributed by atoms with Crippen LogP contribution in [0.15, 0.2) is 6.20 Å². The van der Waals surface area contributed by atoms with Crippen LogP contribution in [-0.4, -0.2) is 22.9 Å². The van der Waals surface area contributed by atoms with Crippen molar-refractivity contribution in [2.75, 3.05) is 13.2 Å². The van der Waals surface area contributed by atoms with Crippen molar-refractivity contribution in [2.45, 2.75) is 19.4 Å². The Bertz CT molecular complexity index is 321. The quantitative estimate of drug-likeness (QED) is 0.758. The van der Waals surface area contributed by atoms with Gasteiger partial charge in [-0.3, -0.25) is 4.68 Å². The summed E-state index contributed by atoms with van der Waals surface area (Å²) in [5.41, 5.74) is 7.96. The molecule has 4 heteroatoms. The summed E-state index contributed by atoms with van der Waals surface area (Å²) in [6, 6.07) is 0. The minimum Gasteiger partial charge on any atom is -0.373 e. The number of ether oxygens (including phenoxy) is 1. The van der Waals surface area contributed by atoms with Gasteiger partial charge in [-0.05, 0) is 19.9 Å². The Labute approximate surface area is 84.0 Å². The Morgan fingerprint density at radius 1 is 1.71 bits per heavy atom. The third-order valence-corrected chi connectivity index (χ3v) is 2.87. The van der Waals surface area contributed by atoms with E-state index in [1.54, 1.807) is 0 Å². The second kappa shape index (κ2) is 3.71. The first-order valence-corrected chi connectivity index (χ1v) is 5.04. The van der Waals surface area contributed by atoms with Gasteiger partial charge in [-0.2, -0.15) is 5.10 Å². The Morgan fingerprint density at radius 3 is 3.07 bits per heavy atom. The molecule has 4 nitrogen and oxygen atoms in total. The van der Waals surface area contributed by atoms with Gasteiger partial charge < -0.3 is 10.5 Å². The maximum absolute atomic E-state index is 5.71. The Balaban J connectivity index is 2.25. The van der Waals surface area contributed by atoms with Crippen LogP contribution < -0.4 is 5.73 Å². The molecule has 0 saturated carbocycles. The molecule has 1 aliphatic rings. The molecule has 1 aromatic rings. The lowest BCUT2D eigenvalue weighted by atomic mass is 9.96. The smallest absolute Gasteiger partial charge is 0.0898 e. The predicted molar refractivity (Wildman–Crippen MR) is 53.8 cm³/mol. The largest absolute Gasteiger partial charge is 0.373 e. The SMILES string of the molecule is Cc1nn(C)cc1C1OCCC1CN. The lowest BCUT2D eigenvalue weighted by Crippen LogP contribution is -2.18. The normalized spacial score (nSPS) is 27.1. The van der Waals surface area contributed by atoms with Crippen molar-refractivity contribution >= 4 is 0 Å². The molecule has 2 heterocycles. The van der Waals surface area contributed by atoms with E-state index in [9.17, 15) is 0 Å². The van der Waals surface area contributed by atoms with Gasteiger partial charge in [0.1, 0.15) is 0 Å². The first-order valence-electron chi connectivity index (χ1n) is 5.04. The van der Waals surface area contributed by atoms with Gasteiger partial charge in [0.25, 0.3) is 0 Å². The number of nitrogens with two attached hydrogens (primary N) is 1. The summed E-state index contributed by atoms with van der Waals surface area (Å²) in [5.74, 6) is 0.456. The van der Waals surface area contributed by atoms with E-state index in [-0.39, 0.29) is 6.10 Å². The van der Waals surface area contributed by atoms with E-state index in [0.717, 1.165) is 18.7 Å². The van der Waals surface area contributed by atoms with E-state index in [4.69, 9.17) is 10.5 Å². The lowest BCUT2D eigenvalue weighted by molar-refractivity contribution is 0.0919. The van der Waals surface area contributed by atoms with Gasteiger partial charge in [-0.15, -0.1) is 0 Å². The molecule has 0 amide bonds. The third kappa shape index (κ3) is 1.55. The van der Waals surface area contributed by atoms with Crippen molar-refractivity contribution in [3.05, 3.63) is 17.5 Å². The summed E-state index contributed by atoms with van der Waals surface area (Å²) in [7, 11) is 1.93. The molecule has 0 radical (unpaired) electrons. The molecule has 1 aliphatic heterocycles. The van der Waals surface area contributed by atoms with E-state index < -0.39 is 0 Å². The zero-order chi connectivity index (χ0) is 10.1. The number of hydrogen-bond donors (Lipinski definition) is 1. The molecule has 0 spiro atoms. The fourth-order valence-electron chi connectivity index (χ4n) is 2.12. The number of hydrogen-bond acceptors (Lipinski definition) is 3. The molecule has 78 valence electrons. The minimum atomic E-state index is 0.161. The van der Waals surface area contributed by atoms with Crippen molar-refractivity contribution in [3.8, 4) is 0 Å². The molecule has 14 heavy (non-hydrogen) atoms. The van der Waals surface area contributed by atoms with Gasteiger partial charge in [0.05, 0.1) is 11.8 Å². The third-order valence-electron chi connectivity index (χ3n) is 2.87. The zero-order valence-electron chi connectivity index (χ0n) is 8.73. The molecule has 2 N–H and O–H groups in total. The summed E-state index contributed by atoms with van der Waals surface area (Å²) < 4.78 is 7.54. The molecule has 1 aromatic heterocycles. The first-order chi connectivity index (χ1) is 6.72. The summed E-state index contributed by atoms with van der Waals surface area (Å²) in [5, 5.41) is 4.32. The van der Waals surface area contributed by atoms with E-state index in [2.05, 4.69) is 5.10 Å². The molecule has 0 bridgehead atoms. The number of aromatic nitrogens is 2. The second-order valence-electron chi connectivity index (χ2n) is 3.92. The molecule has 1 saturated heterocycles. The van der Waals surface area contributed by atoms with E-state index in [1.807, 2.05) is 24.9 Å². The minimum absolute atomic E-state index is 0.161. The maximum Gasteiger partial charge on any atom is 0.0898 e. The van der Waals surface area contributed by atoms with Crippen molar-refractivity contribution in [2.24, 2.45) is 18.7 Å². The van der Waals surface area contributed by atoms with Crippen LogP contribution in [0.2, 0.25) is 0 Å². The van der Waals surface area contributed by atoms with Crippen molar-refractivity contribution < 1.29 is 4.74 Å². The van der Waals surface area contributed by atoms with Gasteiger partial charge in [-0.1, -0.05) is 0 Å². The molecular formula is C10H17N3O. The number of nitrogens with zero attached hydrogens (tertiary/aromatic N) is 2. The summed E-state index contributed by atoms with van der Waals surface area (Å²) in [6.45, 7) is 3.53. The van der Waals surface area contributed by atoms with E-state index in [1.165, 1.54) is 5.56 Å². The van der Waals surface area contributed by atoms with Crippen LogP contribution in [0, 0.1) is 12.8 Å². The van der Waals surface area contributed by atoms with Crippen LogP contribution in [0.4, 0.5) is 0 Å². The molecule has 1 fully saturated rings. The van der Waals surface area contributed by atoms with Crippen LogP contribution in [0.3, 0.4) is 0 Å². The van der Waals surface area contributed by atoms with Gasteiger partial charge in [0.2, 0.25) is 0 Å². The molecule has 0 aromatic carbocycles. The first kappa shape index (κ1) is 9.68. The fraction of sp³-hybridized carbons (Fsp3) is 0.700.